The number of hydrogen-bond donors (Lipinski definition) is 4. The summed E-state index contributed by atoms with van der Waals surface area (Å²) < 4.78 is 0. The molecular formula is C13H24N4O4. The number of nitrogens with two attached hydrogens (primary N) is 1. The van der Waals surface area contributed by atoms with Crippen LogP contribution in [0.1, 0.15) is 32.6 Å². The number of likely N-dealkylation sites (tertiary alicyclic amines) is 1. The van der Waals surface area contributed by atoms with Gasteiger partial charge in [-0.15, -0.1) is 0 Å². The average Bonchev–Trinajstić information content (AvgIpc) is 2.86. The number of nitrogens with zero attached hydrogens (tertiary/aromatic N) is 1. The number of carboxylic acids is 1. The van der Waals surface area contributed by atoms with Gasteiger partial charge in [-0.1, -0.05) is 0 Å². The predicted octanol–water partition coefficient (Wildman–Crippen LogP) is -0.511. The Labute approximate surface area is 124 Å². The molecule has 21 heavy (non-hydrogen) atoms. The molecule has 5 N–H and O–H groups in total. The van der Waals surface area contributed by atoms with E-state index < -0.39 is 23.9 Å². The minimum absolute atomic E-state index is 0.0153. The Kier molecular flexibility index (Phi) is 6.93. The van der Waals surface area contributed by atoms with Gasteiger partial charge in [0.1, 0.15) is 6.04 Å². The molecule has 1 saturated heterocycles. The van der Waals surface area contributed by atoms with E-state index in [1.807, 2.05) is 6.92 Å². The largest absolute Gasteiger partial charge is 0.480 e. The smallest absolute Gasteiger partial charge is 0.326 e. The van der Waals surface area contributed by atoms with Crippen molar-refractivity contribution in [2.24, 2.45) is 5.73 Å². The van der Waals surface area contributed by atoms with Gasteiger partial charge in [0, 0.05) is 19.0 Å². The summed E-state index contributed by atoms with van der Waals surface area (Å²) in [5.41, 5.74) is 4.98. The quantitative estimate of drug-likeness (QED) is 0.480. The molecule has 120 valence electrons. The number of primary amides is 1. The van der Waals surface area contributed by atoms with Gasteiger partial charge in [-0.25, -0.2) is 9.59 Å². The lowest BCUT2D eigenvalue weighted by Crippen LogP contribution is -2.50. The minimum Gasteiger partial charge on any atom is -0.480 e. The fourth-order valence-electron chi connectivity index (χ4n) is 2.37. The number of nitrogens with one attached hydrogen (secondary N) is 2. The second-order valence-corrected chi connectivity index (χ2v) is 5.42. The highest BCUT2D eigenvalue weighted by Crippen LogP contribution is 2.07. The molecule has 0 aromatic rings. The maximum absolute atomic E-state index is 11.8. The van der Waals surface area contributed by atoms with Crippen molar-refractivity contribution in [1.29, 1.82) is 0 Å². The third kappa shape index (κ3) is 6.94. The first kappa shape index (κ1) is 17.2. The van der Waals surface area contributed by atoms with Crippen molar-refractivity contribution in [3.8, 4) is 0 Å². The van der Waals surface area contributed by atoms with Crippen LogP contribution in [0.2, 0.25) is 0 Å². The molecule has 1 rings (SSSR count). The van der Waals surface area contributed by atoms with Gasteiger partial charge < -0.3 is 26.4 Å². The van der Waals surface area contributed by atoms with Gasteiger partial charge in [-0.2, -0.15) is 0 Å². The summed E-state index contributed by atoms with van der Waals surface area (Å²) in [7, 11) is 0. The van der Waals surface area contributed by atoms with E-state index in [0.717, 1.165) is 19.6 Å². The molecule has 1 heterocycles. The minimum atomic E-state index is -1.18. The van der Waals surface area contributed by atoms with Crippen molar-refractivity contribution in [2.45, 2.75) is 44.7 Å². The molecule has 1 fully saturated rings. The number of hydrogen-bond acceptors (Lipinski definition) is 4. The van der Waals surface area contributed by atoms with Gasteiger partial charge in [0.15, 0.2) is 0 Å². The summed E-state index contributed by atoms with van der Waals surface area (Å²) in [6.07, 6.45) is 2.25. The van der Waals surface area contributed by atoms with Crippen molar-refractivity contribution in [3.63, 3.8) is 0 Å². The van der Waals surface area contributed by atoms with E-state index in [9.17, 15) is 14.4 Å². The number of carbonyl (C=O) groups is 3. The van der Waals surface area contributed by atoms with Gasteiger partial charge in [0.05, 0.1) is 0 Å². The van der Waals surface area contributed by atoms with Crippen molar-refractivity contribution < 1.29 is 19.5 Å². The Hall–Kier alpha value is -1.83. The average molecular weight is 300 g/mol. The Morgan fingerprint density at radius 1 is 1.24 bits per heavy atom. The van der Waals surface area contributed by atoms with Gasteiger partial charge >= 0.3 is 12.0 Å². The first-order valence-electron chi connectivity index (χ1n) is 7.19. The maximum atomic E-state index is 11.8. The standard InChI is InChI=1S/C13H24N4O4/c1-9(8-17-6-2-3-7-17)15-13(21)16-10(12(19)20)4-5-11(14)18/h9-10H,2-8H2,1H3,(H2,14,18)(H,19,20)(H2,15,16,21). The molecular weight excluding hydrogens is 276 g/mol. The van der Waals surface area contributed by atoms with Crippen LogP contribution < -0.4 is 16.4 Å². The van der Waals surface area contributed by atoms with Gasteiger partial charge in [-0.05, 0) is 39.3 Å². The van der Waals surface area contributed by atoms with Crippen LogP contribution in [0, 0.1) is 0 Å². The Morgan fingerprint density at radius 3 is 2.38 bits per heavy atom. The lowest BCUT2D eigenvalue weighted by molar-refractivity contribution is -0.139. The fraction of sp³-hybridized carbons (Fsp3) is 0.769. The number of rotatable bonds is 8. The third-order valence-electron chi connectivity index (χ3n) is 3.39. The van der Waals surface area contributed by atoms with Crippen LogP contribution in [-0.2, 0) is 9.59 Å². The first-order chi connectivity index (χ1) is 9.88. The van der Waals surface area contributed by atoms with E-state index in [2.05, 4.69) is 15.5 Å². The lowest BCUT2D eigenvalue weighted by Gasteiger charge is -2.22. The molecule has 0 aromatic carbocycles. The van der Waals surface area contributed by atoms with E-state index >= 15 is 0 Å². The molecule has 2 atom stereocenters. The van der Waals surface area contributed by atoms with Crippen LogP contribution in [0.25, 0.3) is 0 Å². The molecule has 0 radical (unpaired) electrons. The summed E-state index contributed by atoms with van der Waals surface area (Å²) in [6, 6.07) is -1.73. The molecule has 1 aliphatic heterocycles. The summed E-state index contributed by atoms with van der Waals surface area (Å²) >= 11 is 0. The van der Waals surface area contributed by atoms with Crippen LogP contribution in [0.15, 0.2) is 0 Å². The van der Waals surface area contributed by atoms with Crippen molar-refractivity contribution >= 4 is 17.9 Å². The molecule has 8 heteroatoms. The van der Waals surface area contributed by atoms with Crippen LogP contribution >= 0.6 is 0 Å². The number of carboxylic acid groups (broad SMARTS) is 1. The van der Waals surface area contributed by atoms with E-state index in [-0.39, 0.29) is 18.9 Å². The monoisotopic (exact) mass is 300 g/mol. The van der Waals surface area contributed by atoms with Crippen LogP contribution in [0.3, 0.4) is 0 Å². The van der Waals surface area contributed by atoms with Gasteiger partial charge in [0.2, 0.25) is 5.91 Å². The summed E-state index contributed by atoms with van der Waals surface area (Å²) in [5.74, 6) is -1.77. The maximum Gasteiger partial charge on any atom is 0.326 e. The normalized spacial score (nSPS) is 18.0. The predicted molar refractivity (Wildman–Crippen MR) is 76.7 cm³/mol. The van der Waals surface area contributed by atoms with E-state index in [1.165, 1.54) is 12.8 Å². The Balaban J connectivity index is 2.34. The number of aliphatic carboxylic acids is 1. The highest BCUT2D eigenvalue weighted by molar-refractivity contribution is 5.83. The Bertz CT molecular complexity index is 382. The van der Waals surface area contributed by atoms with Crippen LogP contribution in [0.5, 0.6) is 0 Å². The number of amides is 3. The number of carbonyl (C=O) groups excluding carboxylic acids is 2. The molecule has 2 unspecified atom stereocenters. The van der Waals surface area contributed by atoms with E-state index in [0.29, 0.717) is 0 Å². The zero-order valence-electron chi connectivity index (χ0n) is 12.3. The topological polar surface area (TPSA) is 125 Å². The van der Waals surface area contributed by atoms with Gasteiger partial charge in [0.25, 0.3) is 0 Å². The molecule has 8 nitrogen and oxygen atoms in total. The molecule has 0 spiro atoms. The molecule has 1 aliphatic rings. The first-order valence-corrected chi connectivity index (χ1v) is 7.19. The van der Waals surface area contributed by atoms with Crippen LogP contribution in [0.4, 0.5) is 4.79 Å². The second kappa shape index (κ2) is 8.46. The highest BCUT2D eigenvalue weighted by Gasteiger charge is 2.22. The summed E-state index contributed by atoms with van der Waals surface area (Å²) in [4.78, 5) is 35.7. The van der Waals surface area contributed by atoms with Crippen molar-refractivity contribution in [2.75, 3.05) is 19.6 Å². The molecule has 3 amide bonds. The summed E-state index contributed by atoms with van der Waals surface area (Å²) in [5, 5.41) is 14.1. The Morgan fingerprint density at radius 2 is 1.86 bits per heavy atom. The van der Waals surface area contributed by atoms with Crippen LogP contribution in [-0.4, -0.2) is 59.6 Å². The molecule has 0 bridgehead atoms. The van der Waals surface area contributed by atoms with Crippen molar-refractivity contribution in [3.05, 3.63) is 0 Å². The second-order valence-electron chi connectivity index (χ2n) is 5.42. The van der Waals surface area contributed by atoms with Gasteiger partial charge in [-0.3, -0.25) is 4.79 Å². The SMILES string of the molecule is CC(CN1CCCC1)NC(=O)NC(CCC(N)=O)C(=O)O. The van der Waals surface area contributed by atoms with Crippen molar-refractivity contribution in [1.82, 2.24) is 15.5 Å². The zero-order valence-corrected chi connectivity index (χ0v) is 12.3. The molecule has 0 aromatic heterocycles. The fourth-order valence-corrected chi connectivity index (χ4v) is 2.37. The zero-order chi connectivity index (χ0) is 15.8. The highest BCUT2D eigenvalue weighted by atomic mass is 16.4. The summed E-state index contributed by atoms with van der Waals surface area (Å²) in [6.45, 7) is 4.68. The lowest BCUT2D eigenvalue weighted by atomic mass is 10.1. The molecule has 0 saturated carbocycles. The third-order valence-corrected chi connectivity index (χ3v) is 3.39. The van der Waals surface area contributed by atoms with E-state index in [1.54, 1.807) is 0 Å². The molecule has 0 aliphatic carbocycles. The van der Waals surface area contributed by atoms with E-state index in [4.69, 9.17) is 10.8 Å². The number of urea groups is 1.